The summed E-state index contributed by atoms with van der Waals surface area (Å²) < 4.78 is 21.7. The number of likely N-dealkylation sites (N-methyl/N-ethyl adjacent to an activating group) is 1. The number of anilines is 1. The van der Waals surface area contributed by atoms with Gasteiger partial charge in [0.1, 0.15) is 17.6 Å². The van der Waals surface area contributed by atoms with E-state index in [4.69, 9.17) is 9.57 Å². The molecule has 13 heteroatoms. The molecule has 9 atom stereocenters. The Morgan fingerprint density at radius 2 is 1.88 bits per heavy atom. The lowest BCUT2D eigenvalue weighted by atomic mass is 9.45. The minimum absolute atomic E-state index is 0.0487. The summed E-state index contributed by atoms with van der Waals surface area (Å²) in [6.45, 7) is 8.76. The second-order valence-corrected chi connectivity index (χ2v) is 17.2. The van der Waals surface area contributed by atoms with Crippen molar-refractivity contribution < 1.29 is 33.8 Å². The van der Waals surface area contributed by atoms with Crippen LogP contribution in [0.5, 0.6) is 5.75 Å². The number of hydrogen-bond donors (Lipinski definition) is 4. The van der Waals surface area contributed by atoms with Crippen LogP contribution in [-0.2, 0) is 22.6 Å². The first-order valence-electron chi connectivity index (χ1n) is 19.6. The zero-order chi connectivity index (χ0) is 40.6. The quantitative estimate of drug-likeness (QED) is 0.186. The highest BCUT2D eigenvalue weighted by molar-refractivity contribution is 5.97. The molecule has 0 spiro atoms. The van der Waals surface area contributed by atoms with Gasteiger partial charge in [-0.15, -0.1) is 0 Å². The van der Waals surface area contributed by atoms with Gasteiger partial charge in [-0.3, -0.25) is 19.4 Å². The van der Waals surface area contributed by atoms with Crippen LogP contribution in [0.15, 0.2) is 54.7 Å². The summed E-state index contributed by atoms with van der Waals surface area (Å²) in [4.78, 5) is 42.3. The Labute approximate surface area is 330 Å². The fourth-order valence-electron chi connectivity index (χ4n) is 9.36. The number of ether oxygens (including phenoxy) is 1. The largest absolute Gasteiger partial charge is 0.496 e. The molecule has 3 saturated carbocycles. The molecular weight excluding hydrogens is 716 g/mol. The number of aliphatic hydroxyl groups excluding tert-OH is 2. The van der Waals surface area contributed by atoms with E-state index in [-0.39, 0.29) is 41.8 Å². The van der Waals surface area contributed by atoms with Crippen LogP contribution >= 0.6 is 0 Å². The van der Waals surface area contributed by atoms with Crippen LogP contribution in [0, 0.1) is 34.9 Å². The normalized spacial score (nSPS) is 26.6. The summed E-state index contributed by atoms with van der Waals surface area (Å²) >= 11 is 0. The summed E-state index contributed by atoms with van der Waals surface area (Å²) in [5.41, 5.74) is 3.48. The molecule has 4 fully saturated rings. The van der Waals surface area contributed by atoms with Gasteiger partial charge >= 0.3 is 0 Å². The Morgan fingerprint density at radius 3 is 2.48 bits per heavy atom. The molecule has 1 unspecified atom stereocenters. The fourth-order valence-corrected chi connectivity index (χ4v) is 9.36. The Kier molecular flexibility index (Phi) is 12.4. The molecule has 1 saturated heterocycles. The fraction of sp³-hybridized carbons (Fsp3) is 0.558. The van der Waals surface area contributed by atoms with Crippen molar-refractivity contribution in [1.82, 2.24) is 25.6 Å². The Morgan fingerprint density at radius 1 is 1.12 bits per heavy atom. The highest BCUT2D eigenvalue weighted by Gasteiger charge is 2.57. The van der Waals surface area contributed by atoms with E-state index in [0.29, 0.717) is 52.8 Å². The predicted molar refractivity (Wildman–Crippen MR) is 213 cm³/mol. The third-order valence-corrected chi connectivity index (χ3v) is 12.5. The minimum Gasteiger partial charge on any atom is -0.496 e. The highest BCUT2D eigenvalue weighted by Crippen LogP contribution is 2.61. The molecule has 56 heavy (non-hydrogen) atoms. The molecule has 3 aliphatic carbocycles. The first-order valence-corrected chi connectivity index (χ1v) is 19.6. The number of halogens is 1. The number of carbonyl (C=O) groups is 2. The molecule has 1 aliphatic heterocycles. The van der Waals surface area contributed by atoms with Crippen molar-refractivity contribution in [3.05, 3.63) is 77.4 Å². The summed E-state index contributed by atoms with van der Waals surface area (Å²) in [5.74, 6) is -0.575. The van der Waals surface area contributed by atoms with Crippen LogP contribution < -0.4 is 20.3 Å². The van der Waals surface area contributed by atoms with Crippen LogP contribution in [-0.4, -0.2) is 109 Å². The number of methoxy groups -OCH3 is 1. The Hall–Kier alpha value is -4.14. The minimum atomic E-state index is -1.47. The van der Waals surface area contributed by atoms with Gasteiger partial charge in [0.15, 0.2) is 6.29 Å². The number of nitrogens with zero attached hydrogens (tertiary/aromatic N) is 4. The maximum absolute atomic E-state index is 15.7. The number of fused-ring (bicyclic) bond motifs is 2. The van der Waals surface area contributed by atoms with Gasteiger partial charge in [0.05, 0.1) is 25.7 Å². The molecular formula is C43H59FN6O6. The molecule has 1 aromatic heterocycles. The standard InChI is InChI=1S/C43H59FN6O6/c1-24-35-18-29(43(35,3)4)19-36(24)47-41(53)38-37(25(2)51)42(54)56-50(38)22-28-15-30(44)20-34(39(28)55-9)26-14-27(17-33(16-26)49(7)8)40(52)46-32(23-48(5)6)21-31-12-10-11-13-45-31/h10-17,20,24-25,29,32,35-38,42,51,54H,18-19,21-23H2,1-9H3,(H,46,52)(H,47,53)/t24-,25-,29+,32-,35-,36-,37-,38-,42?/m0/s1. The van der Waals surface area contributed by atoms with E-state index in [0.717, 1.165) is 24.2 Å². The average molecular weight is 775 g/mol. The zero-order valence-electron chi connectivity index (χ0n) is 34.1. The molecule has 2 amide bonds. The first kappa shape index (κ1) is 41.5. The lowest BCUT2D eigenvalue weighted by Gasteiger charge is -2.62. The van der Waals surface area contributed by atoms with E-state index in [1.807, 2.05) is 62.3 Å². The molecule has 304 valence electrons. The average Bonchev–Trinajstić information content (AvgIpc) is 3.47. The molecule has 0 radical (unpaired) electrons. The third kappa shape index (κ3) is 8.57. The lowest BCUT2D eigenvalue weighted by molar-refractivity contribution is -0.231. The monoisotopic (exact) mass is 774 g/mol. The first-order chi connectivity index (χ1) is 26.5. The van der Waals surface area contributed by atoms with E-state index in [9.17, 15) is 19.8 Å². The number of aromatic nitrogens is 1. The second kappa shape index (κ2) is 16.8. The number of benzene rings is 2. The van der Waals surface area contributed by atoms with Gasteiger partial charge in [-0.2, -0.15) is 5.06 Å². The Bertz CT molecular complexity index is 1870. The van der Waals surface area contributed by atoms with E-state index < -0.39 is 30.2 Å². The lowest BCUT2D eigenvalue weighted by Crippen LogP contribution is -2.62. The van der Waals surface area contributed by atoms with Crippen molar-refractivity contribution in [3.8, 4) is 16.9 Å². The Balaban J connectivity index is 1.30. The van der Waals surface area contributed by atoms with Crippen molar-refractivity contribution in [3.63, 3.8) is 0 Å². The van der Waals surface area contributed by atoms with Crippen LogP contribution in [0.4, 0.5) is 10.1 Å². The maximum Gasteiger partial charge on any atom is 0.251 e. The topological polar surface area (TPSA) is 140 Å². The molecule has 4 N–H and O–H groups in total. The SMILES string of the molecule is COc1c(CN2OC(O)[C@@H]([C@H](C)O)[C@H]2C(=O)N[C@H]2C[C@H]3C[C@@H]([C@@H]2C)C3(C)C)cc(F)cc1-c1cc(C(=O)N[C@@H](Cc2ccccn2)CN(C)C)cc(N(C)C)c1. The second-order valence-electron chi connectivity index (χ2n) is 17.2. The number of hydroxylamine groups is 2. The number of carbonyl (C=O) groups excluding carboxylic acids is 2. The van der Waals surface area contributed by atoms with Crippen molar-refractivity contribution in [2.45, 2.75) is 84.0 Å². The van der Waals surface area contributed by atoms with Crippen LogP contribution in [0.2, 0.25) is 0 Å². The van der Waals surface area contributed by atoms with Gasteiger partial charge in [0, 0.05) is 73.4 Å². The molecule has 7 rings (SSSR count). The number of amides is 2. The van der Waals surface area contributed by atoms with Crippen LogP contribution in [0.1, 0.15) is 62.2 Å². The number of pyridine rings is 1. The molecule has 2 bridgehead atoms. The third-order valence-electron chi connectivity index (χ3n) is 12.5. The summed E-state index contributed by atoms with van der Waals surface area (Å²) in [7, 11) is 9.10. The van der Waals surface area contributed by atoms with Crippen LogP contribution in [0.25, 0.3) is 11.1 Å². The van der Waals surface area contributed by atoms with Crippen molar-refractivity contribution in [2.75, 3.05) is 46.7 Å². The molecule has 3 aromatic rings. The molecule has 2 heterocycles. The van der Waals surface area contributed by atoms with Gasteiger partial charge in [0.2, 0.25) is 5.91 Å². The number of rotatable bonds is 14. The zero-order valence-corrected chi connectivity index (χ0v) is 34.1. The highest BCUT2D eigenvalue weighted by atomic mass is 19.1. The van der Waals surface area contributed by atoms with Gasteiger partial charge in [0.25, 0.3) is 5.91 Å². The van der Waals surface area contributed by atoms with Gasteiger partial charge in [-0.1, -0.05) is 26.8 Å². The predicted octanol–water partition coefficient (Wildman–Crippen LogP) is 4.48. The molecule has 12 nitrogen and oxygen atoms in total. The van der Waals surface area contributed by atoms with Gasteiger partial charge in [-0.05, 0) is 105 Å². The number of aliphatic hydroxyl groups is 2. The van der Waals surface area contributed by atoms with E-state index in [2.05, 4.69) is 36.4 Å². The van der Waals surface area contributed by atoms with E-state index in [1.54, 1.807) is 18.3 Å². The summed E-state index contributed by atoms with van der Waals surface area (Å²) in [6, 6.07) is 12.4. The maximum atomic E-state index is 15.7. The van der Waals surface area contributed by atoms with Crippen molar-refractivity contribution in [2.24, 2.45) is 29.1 Å². The van der Waals surface area contributed by atoms with E-state index in [1.165, 1.54) is 31.2 Å². The number of hydrogen-bond acceptors (Lipinski definition) is 10. The molecule has 2 aromatic carbocycles. The van der Waals surface area contributed by atoms with Crippen molar-refractivity contribution >= 4 is 17.5 Å². The molecule has 4 aliphatic rings. The van der Waals surface area contributed by atoms with Gasteiger partial charge in [-0.25, -0.2) is 4.39 Å². The van der Waals surface area contributed by atoms with E-state index >= 15 is 4.39 Å². The smallest absolute Gasteiger partial charge is 0.251 e. The van der Waals surface area contributed by atoms with Crippen molar-refractivity contribution in [1.29, 1.82) is 0 Å². The number of nitrogens with one attached hydrogen (secondary N) is 2. The van der Waals surface area contributed by atoms with Gasteiger partial charge < -0.3 is 35.4 Å². The summed E-state index contributed by atoms with van der Waals surface area (Å²) in [5, 5.41) is 29.5. The summed E-state index contributed by atoms with van der Waals surface area (Å²) in [6.07, 6.45) is 1.74. The van der Waals surface area contributed by atoms with Crippen LogP contribution in [0.3, 0.4) is 0 Å².